The van der Waals surface area contributed by atoms with Crippen molar-refractivity contribution >= 4 is 85.4 Å². The van der Waals surface area contributed by atoms with Crippen molar-refractivity contribution in [2.24, 2.45) is 0 Å². The lowest BCUT2D eigenvalue weighted by molar-refractivity contribution is 1.68. The normalized spacial score (nSPS) is 11.9. The van der Waals surface area contributed by atoms with Gasteiger partial charge in [0.2, 0.25) is 0 Å². The van der Waals surface area contributed by atoms with Crippen molar-refractivity contribution in [3.8, 4) is 33.4 Å². The van der Waals surface area contributed by atoms with E-state index < -0.39 is 0 Å². The summed E-state index contributed by atoms with van der Waals surface area (Å²) in [6, 6.07) is 67.4. The Morgan fingerprint density at radius 2 is 0.627 bits per heavy atom. The first kappa shape index (κ1) is 28.5. The van der Waals surface area contributed by atoms with Crippen molar-refractivity contribution < 1.29 is 0 Å². The second kappa shape index (κ2) is 11.1. The van der Waals surface area contributed by atoms with Crippen molar-refractivity contribution in [1.82, 2.24) is 0 Å². The van der Waals surface area contributed by atoms with Crippen LogP contribution in [0.4, 0.5) is 0 Å². The largest absolute Gasteiger partial charge is 0.134 e. The summed E-state index contributed by atoms with van der Waals surface area (Å²) >= 11 is 1.93. The minimum atomic E-state index is 1.26. The molecule has 10 aromatic carbocycles. The molecule has 0 fully saturated rings. The number of fused-ring (bicyclic) bond motifs is 9. The molecule has 1 heterocycles. The van der Waals surface area contributed by atoms with Crippen LogP contribution in [-0.2, 0) is 0 Å². The maximum atomic E-state index is 2.38. The van der Waals surface area contributed by atoms with E-state index in [2.05, 4.69) is 182 Å². The summed E-state index contributed by atoms with van der Waals surface area (Å²) in [5.74, 6) is 0. The second-order valence-electron chi connectivity index (χ2n) is 13.5. The van der Waals surface area contributed by atoms with Gasteiger partial charge in [-0.2, -0.15) is 0 Å². The molecule has 236 valence electrons. The Kier molecular flexibility index (Phi) is 6.22. The van der Waals surface area contributed by atoms with E-state index in [9.17, 15) is 0 Å². The van der Waals surface area contributed by atoms with Gasteiger partial charge in [-0.15, -0.1) is 11.3 Å². The van der Waals surface area contributed by atoms with Crippen LogP contribution in [-0.4, -0.2) is 0 Å². The highest BCUT2D eigenvalue weighted by Crippen LogP contribution is 2.49. The summed E-state index contributed by atoms with van der Waals surface area (Å²) in [4.78, 5) is 0. The second-order valence-corrected chi connectivity index (χ2v) is 14.5. The van der Waals surface area contributed by atoms with Crippen molar-refractivity contribution in [2.75, 3.05) is 0 Å². The number of thiophene rings is 1. The maximum Gasteiger partial charge on any atom is 0.0434 e. The molecule has 0 amide bonds. The van der Waals surface area contributed by atoms with Gasteiger partial charge in [0, 0.05) is 25.7 Å². The predicted molar refractivity (Wildman–Crippen MR) is 223 cm³/mol. The third-order valence-corrected chi connectivity index (χ3v) is 12.2. The molecule has 0 saturated carbocycles. The van der Waals surface area contributed by atoms with Gasteiger partial charge in [-0.1, -0.05) is 182 Å². The molecule has 0 aliphatic rings. The van der Waals surface area contributed by atoms with Gasteiger partial charge in [-0.3, -0.25) is 0 Å². The van der Waals surface area contributed by atoms with E-state index in [4.69, 9.17) is 0 Å². The van der Waals surface area contributed by atoms with Crippen LogP contribution in [0.1, 0.15) is 0 Å². The van der Waals surface area contributed by atoms with Crippen molar-refractivity contribution in [3.05, 3.63) is 182 Å². The van der Waals surface area contributed by atoms with Gasteiger partial charge in [0.25, 0.3) is 0 Å². The van der Waals surface area contributed by atoms with Crippen LogP contribution in [0.5, 0.6) is 0 Å². The zero-order valence-electron chi connectivity index (χ0n) is 27.7. The molecule has 0 atom stereocenters. The fraction of sp³-hybridized carbons (Fsp3) is 0. The maximum absolute atomic E-state index is 2.38. The smallest absolute Gasteiger partial charge is 0.0434 e. The van der Waals surface area contributed by atoms with Crippen molar-refractivity contribution in [3.63, 3.8) is 0 Å². The molecule has 0 N–H and O–H groups in total. The summed E-state index contributed by atoms with van der Waals surface area (Å²) in [5, 5.41) is 15.5. The molecule has 11 rings (SSSR count). The molecular weight excluding hydrogens is 633 g/mol. The Labute approximate surface area is 299 Å². The van der Waals surface area contributed by atoms with E-state index in [1.165, 1.54) is 107 Å². The summed E-state index contributed by atoms with van der Waals surface area (Å²) in [6.45, 7) is 0. The van der Waals surface area contributed by atoms with Gasteiger partial charge < -0.3 is 0 Å². The van der Waals surface area contributed by atoms with Crippen LogP contribution < -0.4 is 0 Å². The fourth-order valence-electron chi connectivity index (χ4n) is 8.64. The van der Waals surface area contributed by atoms with Crippen LogP contribution in [0.15, 0.2) is 182 Å². The minimum Gasteiger partial charge on any atom is -0.134 e. The molecule has 0 radical (unpaired) electrons. The summed E-state index contributed by atoms with van der Waals surface area (Å²) in [7, 11) is 0. The predicted octanol–water partition coefficient (Wildman–Crippen LogP) is 14.8. The molecule has 0 bridgehead atoms. The quantitative estimate of drug-likeness (QED) is 0.165. The SMILES string of the molecule is c1ccc2c(-c3c4ccccc4c(-c4ccc(-c5cccc6c5sc5c7ccccc7ccc65)c5ccccc45)c4ccccc34)cccc2c1. The number of hydrogen-bond acceptors (Lipinski definition) is 1. The standard InChI is InChI=1S/C50H30S/c1-3-16-33-31(13-1)15-11-24-38(33)47-39-20-7-9-22-41(39)48(42-23-10-8-21-40(42)47)43-30-29-37(35-18-5-6-19-36(35)43)44-25-12-26-45-46-28-27-32-14-2-4-17-34(32)49(46)51-50(44)45/h1-30H. The van der Waals surface area contributed by atoms with Gasteiger partial charge >= 0.3 is 0 Å². The van der Waals surface area contributed by atoms with Gasteiger partial charge in [0.15, 0.2) is 0 Å². The van der Waals surface area contributed by atoms with Gasteiger partial charge in [-0.05, 0) is 81.7 Å². The van der Waals surface area contributed by atoms with E-state index in [0.29, 0.717) is 0 Å². The van der Waals surface area contributed by atoms with E-state index >= 15 is 0 Å². The summed E-state index contributed by atoms with van der Waals surface area (Å²) < 4.78 is 2.71. The van der Waals surface area contributed by atoms with Crippen LogP contribution >= 0.6 is 11.3 Å². The minimum absolute atomic E-state index is 1.26. The molecule has 0 aliphatic carbocycles. The zero-order valence-corrected chi connectivity index (χ0v) is 28.5. The highest BCUT2D eigenvalue weighted by Gasteiger charge is 2.21. The van der Waals surface area contributed by atoms with Crippen LogP contribution in [0.3, 0.4) is 0 Å². The Balaban J connectivity index is 1.20. The van der Waals surface area contributed by atoms with E-state index in [1.807, 2.05) is 11.3 Å². The first-order valence-corrected chi connectivity index (χ1v) is 18.4. The fourth-order valence-corrected chi connectivity index (χ4v) is 10.0. The molecule has 1 aromatic heterocycles. The topological polar surface area (TPSA) is 0 Å². The Morgan fingerprint density at radius 1 is 0.216 bits per heavy atom. The third-order valence-electron chi connectivity index (χ3n) is 10.9. The first-order valence-electron chi connectivity index (χ1n) is 17.6. The van der Waals surface area contributed by atoms with Crippen LogP contribution in [0, 0.1) is 0 Å². The van der Waals surface area contributed by atoms with Crippen molar-refractivity contribution in [1.29, 1.82) is 0 Å². The average Bonchev–Trinajstić information content (AvgIpc) is 3.59. The monoisotopic (exact) mass is 662 g/mol. The number of rotatable bonds is 3. The van der Waals surface area contributed by atoms with E-state index in [0.717, 1.165) is 0 Å². The molecular formula is C50H30S. The Hall–Kier alpha value is -6.28. The molecule has 0 unspecified atom stereocenters. The van der Waals surface area contributed by atoms with Gasteiger partial charge in [0.05, 0.1) is 0 Å². The van der Waals surface area contributed by atoms with Crippen LogP contribution in [0.2, 0.25) is 0 Å². The third kappa shape index (κ3) is 4.19. The molecule has 51 heavy (non-hydrogen) atoms. The lowest BCUT2D eigenvalue weighted by Crippen LogP contribution is -1.93. The summed E-state index contributed by atoms with van der Waals surface area (Å²) in [6.07, 6.45) is 0. The number of hydrogen-bond donors (Lipinski definition) is 0. The average molecular weight is 663 g/mol. The van der Waals surface area contributed by atoms with Crippen LogP contribution in [0.25, 0.3) is 107 Å². The molecule has 0 nitrogen and oxygen atoms in total. The molecule has 1 heteroatoms. The van der Waals surface area contributed by atoms with Gasteiger partial charge in [0.1, 0.15) is 0 Å². The lowest BCUT2D eigenvalue weighted by atomic mass is 9.83. The zero-order chi connectivity index (χ0) is 33.5. The molecule has 0 saturated heterocycles. The Morgan fingerprint density at radius 3 is 1.29 bits per heavy atom. The van der Waals surface area contributed by atoms with E-state index in [1.54, 1.807) is 0 Å². The van der Waals surface area contributed by atoms with Gasteiger partial charge in [-0.25, -0.2) is 0 Å². The molecule has 0 spiro atoms. The van der Waals surface area contributed by atoms with E-state index in [-0.39, 0.29) is 0 Å². The molecule has 11 aromatic rings. The highest BCUT2D eigenvalue weighted by atomic mass is 32.1. The summed E-state index contributed by atoms with van der Waals surface area (Å²) in [5.41, 5.74) is 7.70. The highest BCUT2D eigenvalue weighted by molar-refractivity contribution is 7.27. The lowest BCUT2D eigenvalue weighted by Gasteiger charge is -2.20. The van der Waals surface area contributed by atoms with Crippen molar-refractivity contribution in [2.45, 2.75) is 0 Å². The Bertz CT molecular complexity index is 3130. The molecule has 0 aliphatic heterocycles. The first-order chi connectivity index (χ1) is 25.3. The number of benzene rings is 10.